The van der Waals surface area contributed by atoms with E-state index in [0.717, 1.165) is 21.1 Å². The molecule has 4 aromatic rings. The fourth-order valence-corrected chi connectivity index (χ4v) is 3.07. The Balaban J connectivity index is 1.62. The maximum atomic E-state index is 12.6. The third-order valence-electron chi connectivity index (χ3n) is 3.37. The first-order chi connectivity index (χ1) is 11.8. The Morgan fingerprint density at radius 3 is 2.92 bits per heavy atom. The largest absolute Gasteiger partial charge is 0.244 e. The molecule has 0 saturated heterocycles. The van der Waals surface area contributed by atoms with Crippen molar-refractivity contribution in [2.24, 2.45) is 0 Å². The summed E-state index contributed by atoms with van der Waals surface area (Å²) in [7, 11) is 0. The zero-order chi connectivity index (χ0) is 16.4. The van der Waals surface area contributed by atoms with Crippen molar-refractivity contribution in [3.63, 3.8) is 0 Å². The summed E-state index contributed by atoms with van der Waals surface area (Å²) in [6.45, 7) is -0.582. The quantitative estimate of drug-likeness (QED) is 0.525. The van der Waals surface area contributed by atoms with Gasteiger partial charge in [0.1, 0.15) is 12.4 Å². The molecule has 0 N–H and O–H groups in total. The summed E-state index contributed by atoms with van der Waals surface area (Å²) >= 11 is 1.56. The van der Waals surface area contributed by atoms with Crippen molar-refractivity contribution in [3.8, 4) is 22.4 Å². The average molecular weight is 334 g/mol. The molecule has 0 amide bonds. The van der Waals surface area contributed by atoms with Gasteiger partial charge in [-0.15, -0.1) is 11.3 Å². The van der Waals surface area contributed by atoms with Crippen molar-refractivity contribution >= 4 is 17.0 Å². The number of nitrogens with zero attached hydrogens (tertiary/aromatic N) is 4. The van der Waals surface area contributed by atoms with Gasteiger partial charge < -0.3 is 0 Å². The number of pyridine rings is 1. The predicted octanol–water partition coefficient (Wildman–Crippen LogP) is 3.72. The number of halogens is 1. The fourth-order valence-electron chi connectivity index (χ4n) is 2.24. The van der Waals surface area contributed by atoms with Crippen LogP contribution in [0, 0.1) is 11.8 Å². The Morgan fingerprint density at radius 2 is 2.00 bits per heavy atom. The van der Waals surface area contributed by atoms with E-state index in [4.69, 9.17) is 0 Å². The van der Waals surface area contributed by atoms with Crippen molar-refractivity contribution < 1.29 is 4.39 Å². The molecule has 6 heteroatoms. The molecule has 0 aliphatic rings. The van der Waals surface area contributed by atoms with Crippen LogP contribution in [0.15, 0.2) is 54.9 Å². The van der Waals surface area contributed by atoms with Crippen LogP contribution in [-0.2, 0) is 6.67 Å². The zero-order valence-corrected chi connectivity index (χ0v) is 13.3. The van der Waals surface area contributed by atoms with E-state index in [-0.39, 0.29) is 0 Å². The Bertz CT molecular complexity index is 1070. The molecule has 0 unspecified atom stereocenters. The molecule has 24 heavy (non-hydrogen) atoms. The van der Waals surface area contributed by atoms with Gasteiger partial charge in [0, 0.05) is 12.3 Å². The van der Waals surface area contributed by atoms with Crippen LogP contribution in [0.5, 0.6) is 0 Å². The van der Waals surface area contributed by atoms with Crippen molar-refractivity contribution in [1.29, 1.82) is 0 Å². The van der Waals surface area contributed by atoms with Crippen molar-refractivity contribution in [1.82, 2.24) is 19.6 Å². The Hall–Kier alpha value is -3.04. The van der Waals surface area contributed by atoms with Crippen LogP contribution in [0.25, 0.3) is 16.2 Å². The number of hydrogen-bond acceptors (Lipinski definition) is 4. The summed E-state index contributed by atoms with van der Waals surface area (Å²) in [5.74, 6) is 6.05. The maximum absolute atomic E-state index is 12.6. The van der Waals surface area contributed by atoms with E-state index in [2.05, 4.69) is 26.9 Å². The van der Waals surface area contributed by atoms with Gasteiger partial charge >= 0.3 is 0 Å². The van der Waals surface area contributed by atoms with Crippen LogP contribution in [0.4, 0.5) is 4.39 Å². The van der Waals surface area contributed by atoms with E-state index in [9.17, 15) is 4.39 Å². The highest BCUT2D eigenvalue weighted by molar-refractivity contribution is 7.16. The van der Waals surface area contributed by atoms with Gasteiger partial charge in [0.15, 0.2) is 5.65 Å². The van der Waals surface area contributed by atoms with Crippen LogP contribution >= 0.6 is 11.3 Å². The molecule has 0 radical (unpaired) electrons. The lowest BCUT2D eigenvalue weighted by Gasteiger charge is -1.97. The molecule has 4 nitrogen and oxygen atoms in total. The zero-order valence-electron chi connectivity index (χ0n) is 12.5. The summed E-state index contributed by atoms with van der Waals surface area (Å²) in [5, 5.41) is 4.14. The van der Waals surface area contributed by atoms with Gasteiger partial charge in [0.05, 0.1) is 27.3 Å². The smallest absolute Gasteiger partial charge is 0.155 e. The van der Waals surface area contributed by atoms with Crippen LogP contribution in [0.2, 0.25) is 0 Å². The molecule has 116 valence electrons. The van der Waals surface area contributed by atoms with E-state index in [1.807, 2.05) is 30.5 Å². The van der Waals surface area contributed by atoms with Gasteiger partial charge in [-0.05, 0) is 42.2 Å². The second-order valence-electron chi connectivity index (χ2n) is 5.01. The molecule has 0 saturated carbocycles. The molecule has 0 aliphatic carbocycles. The van der Waals surface area contributed by atoms with Gasteiger partial charge in [-0.3, -0.25) is 0 Å². The van der Waals surface area contributed by atoms with E-state index < -0.39 is 6.67 Å². The molecule has 0 bridgehead atoms. The van der Waals surface area contributed by atoms with Gasteiger partial charge in [0.25, 0.3) is 0 Å². The van der Waals surface area contributed by atoms with Crippen LogP contribution < -0.4 is 0 Å². The molecule has 4 aromatic heterocycles. The number of rotatable bonds is 2. The Kier molecular flexibility index (Phi) is 3.77. The average Bonchev–Trinajstić information content (AvgIpc) is 3.28. The number of thiophene rings is 1. The highest BCUT2D eigenvalue weighted by Gasteiger charge is 2.05. The molecule has 0 aliphatic heterocycles. The molecule has 0 fully saturated rings. The van der Waals surface area contributed by atoms with Gasteiger partial charge in [-0.25, -0.2) is 18.9 Å². The van der Waals surface area contributed by atoms with Gasteiger partial charge in [-0.2, -0.15) is 5.10 Å². The number of fused-ring (bicyclic) bond motifs is 1. The molecule has 4 rings (SSSR count). The van der Waals surface area contributed by atoms with Crippen molar-refractivity contribution in [2.75, 3.05) is 0 Å². The standard InChI is InChI=1S/C18H11FN4S/c19-12-14-3-1-2-13(21-14)4-5-15-6-7-17(24-15)16-9-11-23-18(22-16)8-10-20-23/h1-3,6-11H,12H2. The number of aromatic nitrogens is 4. The topological polar surface area (TPSA) is 43.1 Å². The van der Waals surface area contributed by atoms with Crippen LogP contribution in [0.1, 0.15) is 16.3 Å². The number of alkyl halides is 1. The molecule has 4 heterocycles. The highest BCUT2D eigenvalue weighted by Crippen LogP contribution is 2.26. The highest BCUT2D eigenvalue weighted by atomic mass is 32.1. The second-order valence-corrected chi connectivity index (χ2v) is 6.09. The van der Waals surface area contributed by atoms with E-state index in [1.54, 1.807) is 40.2 Å². The first-order valence-corrected chi connectivity index (χ1v) is 8.08. The summed E-state index contributed by atoms with van der Waals surface area (Å²) in [6.07, 6.45) is 3.60. The lowest BCUT2D eigenvalue weighted by Crippen LogP contribution is -1.89. The van der Waals surface area contributed by atoms with Crippen LogP contribution in [0.3, 0.4) is 0 Å². The van der Waals surface area contributed by atoms with Crippen LogP contribution in [-0.4, -0.2) is 19.6 Å². The summed E-state index contributed by atoms with van der Waals surface area (Å²) < 4.78 is 14.3. The van der Waals surface area contributed by atoms with Crippen molar-refractivity contribution in [2.45, 2.75) is 6.67 Å². The molecular weight excluding hydrogens is 323 g/mol. The summed E-state index contributed by atoms with van der Waals surface area (Å²) in [5.41, 5.74) is 2.66. The molecule has 0 aromatic carbocycles. The van der Waals surface area contributed by atoms with Gasteiger partial charge in [-0.1, -0.05) is 6.07 Å². The molecule has 0 spiro atoms. The lowest BCUT2D eigenvalue weighted by atomic mass is 10.3. The fraction of sp³-hybridized carbons (Fsp3) is 0.0556. The van der Waals surface area contributed by atoms with E-state index in [0.29, 0.717) is 11.4 Å². The van der Waals surface area contributed by atoms with Crippen molar-refractivity contribution in [3.05, 3.63) is 71.1 Å². The lowest BCUT2D eigenvalue weighted by molar-refractivity contribution is 0.476. The number of hydrogen-bond donors (Lipinski definition) is 0. The minimum atomic E-state index is -0.582. The summed E-state index contributed by atoms with van der Waals surface area (Å²) in [6, 6.07) is 12.9. The molecular formula is C18H11FN4S. The third-order valence-corrected chi connectivity index (χ3v) is 4.40. The summed E-state index contributed by atoms with van der Waals surface area (Å²) in [4.78, 5) is 10.6. The Morgan fingerprint density at radius 1 is 1.04 bits per heavy atom. The minimum absolute atomic E-state index is 0.395. The second kappa shape index (κ2) is 6.22. The monoisotopic (exact) mass is 334 g/mol. The van der Waals surface area contributed by atoms with E-state index in [1.165, 1.54) is 0 Å². The normalized spacial score (nSPS) is 10.5. The Labute approximate surface area is 141 Å². The SMILES string of the molecule is FCc1cccc(C#Cc2ccc(-c3ccn4nccc4n3)s2)n1. The first-order valence-electron chi connectivity index (χ1n) is 7.26. The van der Waals surface area contributed by atoms with Gasteiger partial charge in [0.2, 0.25) is 0 Å². The minimum Gasteiger partial charge on any atom is -0.244 e. The molecule has 0 atom stereocenters. The maximum Gasteiger partial charge on any atom is 0.155 e. The first kappa shape index (κ1) is 14.5. The third kappa shape index (κ3) is 2.90. The predicted molar refractivity (Wildman–Crippen MR) is 91.3 cm³/mol. The van der Waals surface area contributed by atoms with E-state index >= 15 is 0 Å².